The van der Waals surface area contributed by atoms with Gasteiger partial charge in [-0.25, -0.2) is 17.9 Å². The zero-order valence-corrected chi connectivity index (χ0v) is 17.5. The van der Waals surface area contributed by atoms with Crippen LogP contribution >= 0.6 is 0 Å². The first-order chi connectivity index (χ1) is 13.6. The molecule has 2 N–H and O–H groups in total. The van der Waals surface area contributed by atoms with Crippen LogP contribution in [0.15, 0.2) is 47.4 Å². The van der Waals surface area contributed by atoms with Crippen molar-refractivity contribution in [3.8, 4) is 11.5 Å². The van der Waals surface area contributed by atoms with E-state index >= 15 is 0 Å². The maximum atomic E-state index is 12.9. The smallest absolute Gasteiger partial charge is 0.341 e. The lowest BCUT2D eigenvalue weighted by Crippen LogP contribution is -2.41. The summed E-state index contributed by atoms with van der Waals surface area (Å²) in [7, 11) is -3.72. The Morgan fingerprint density at radius 2 is 1.93 bits per heavy atom. The zero-order valence-electron chi connectivity index (χ0n) is 16.6. The van der Waals surface area contributed by atoms with Gasteiger partial charge in [0.2, 0.25) is 10.0 Å². The third-order valence-corrected chi connectivity index (χ3v) is 6.23. The van der Waals surface area contributed by atoms with Gasteiger partial charge in [0.25, 0.3) is 0 Å². The SMILES string of the molecule is CCc1ccc(S(=O)(=O)NC2CC(C)(C)Oc3cc(OCC(=O)O)ccc32)cc1. The minimum atomic E-state index is -3.72. The quantitative estimate of drug-likeness (QED) is 0.714. The summed E-state index contributed by atoms with van der Waals surface area (Å²) in [4.78, 5) is 10.9. The number of benzene rings is 2. The molecule has 0 aromatic heterocycles. The van der Waals surface area contributed by atoms with E-state index in [4.69, 9.17) is 14.6 Å². The van der Waals surface area contributed by atoms with Gasteiger partial charge in [-0.2, -0.15) is 0 Å². The van der Waals surface area contributed by atoms with Gasteiger partial charge in [0.1, 0.15) is 17.1 Å². The molecule has 156 valence electrons. The lowest BCUT2D eigenvalue weighted by Gasteiger charge is -2.37. The second-order valence-electron chi connectivity index (χ2n) is 7.62. The predicted octanol–water partition coefficient (Wildman–Crippen LogP) is 3.29. The number of hydrogen-bond donors (Lipinski definition) is 2. The summed E-state index contributed by atoms with van der Waals surface area (Å²) in [5.74, 6) is -0.262. The van der Waals surface area contributed by atoms with E-state index in [1.807, 2.05) is 32.9 Å². The van der Waals surface area contributed by atoms with E-state index in [9.17, 15) is 13.2 Å². The fourth-order valence-electron chi connectivity index (χ4n) is 3.33. The first-order valence-electron chi connectivity index (χ1n) is 9.38. The summed E-state index contributed by atoms with van der Waals surface area (Å²) < 4.78 is 39.8. The van der Waals surface area contributed by atoms with Gasteiger partial charge in [0.05, 0.1) is 10.9 Å². The van der Waals surface area contributed by atoms with Crippen LogP contribution in [0, 0.1) is 0 Å². The average molecular weight is 419 g/mol. The summed E-state index contributed by atoms with van der Waals surface area (Å²) in [5, 5.41) is 8.77. The third-order valence-electron chi connectivity index (χ3n) is 4.74. The first-order valence-corrected chi connectivity index (χ1v) is 10.9. The van der Waals surface area contributed by atoms with Crippen molar-refractivity contribution in [2.24, 2.45) is 0 Å². The Morgan fingerprint density at radius 3 is 2.55 bits per heavy atom. The molecule has 0 spiro atoms. The maximum absolute atomic E-state index is 12.9. The van der Waals surface area contributed by atoms with Gasteiger partial charge in [0.15, 0.2) is 6.61 Å². The number of aliphatic carboxylic acids is 1. The van der Waals surface area contributed by atoms with E-state index in [0.29, 0.717) is 23.5 Å². The van der Waals surface area contributed by atoms with Gasteiger partial charge < -0.3 is 14.6 Å². The second-order valence-corrected chi connectivity index (χ2v) is 9.33. The van der Waals surface area contributed by atoms with Crippen LogP contribution in [0.4, 0.5) is 0 Å². The van der Waals surface area contributed by atoms with Crippen molar-refractivity contribution in [1.82, 2.24) is 4.72 Å². The largest absolute Gasteiger partial charge is 0.487 e. The predicted molar refractivity (Wildman–Crippen MR) is 108 cm³/mol. The van der Waals surface area contributed by atoms with Crippen molar-refractivity contribution < 1.29 is 27.8 Å². The van der Waals surface area contributed by atoms with E-state index in [-0.39, 0.29) is 4.90 Å². The van der Waals surface area contributed by atoms with Gasteiger partial charge in [-0.1, -0.05) is 25.1 Å². The number of carboxylic acids is 1. The molecule has 1 aliphatic heterocycles. The highest BCUT2D eigenvalue weighted by Gasteiger charge is 2.36. The lowest BCUT2D eigenvalue weighted by molar-refractivity contribution is -0.139. The second kappa shape index (κ2) is 8.04. The number of ether oxygens (including phenoxy) is 2. The molecule has 0 bridgehead atoms. The molecule has 1 heterocycles. The van der Waals surface area contributed by atoms with E-state index < -0.39 is 34.2 Å². The van der Waals surface area contributed by atoms with Crippen molar-refractivity contribution in [3.63, 3.8) is 0 Å². The minimum Gasteiger partial charge on any atom is -0.487 e. The van der Waals surface area contributed by atoms with Gasteiger partial charge in [-0.15, -0.1) is 0 Å². The zero-order chi connectivity index (χ0) is 21.2. The van der Waals surface area contributed by atoms with E-state index in [2.05, 4.69) is 4.72 Å². The van der Waals surface area contributed by atoms with Crippen LogP contribution in [0.25, 0.3) is 0 Å². The molecular formula is C21H25NO6S. The fraction of sp³-hybridized carbons (Fsp3) is 0.381. The van der Waals surface area contributed by atoms with Crippen LogP contribution in [0.3, 0.4) is 0 Å². The van der Waals surface area contributed by atoms with Crippen molar-refractivity contribution in [2.75, 3.05) is 6.61 Å². The lowest BCUT2D eigenvalue weighted by atomic mass is 9.90. The van der Waals surface area contributed by atoms with Crippen LogP contribution < -0.4 is 14.2 Å². The number of carbonyl (C=O) groups is 1. The minimum absolute atomic E-state index is 0.210. The molecule has 1 unspecified atom stereocenters. The highest BCUT2D eigenvalue weighted by atomic mass is 32.2. The van der Waals surface area contributed by atoms with Crippen LogP contribution in [0.1, 0.15) is 44.4 Å². The number of carboxylic acid groups (broad SMARTS) is 1. The van der Waals surface area contributed by atoms with Crippen LogP contribution in [-0.4, -0.2) is 31.7 Å². The van der Waals surface area contributed by atoms with Gasteiger partial charge in [0, 0.05) is 18.1 Å². The molecular weight excluding hydrogens is 394 g/mol. The number of rotatable bonds is 7. The summed E-state index contributed by atoms with van der Waals surface area (Å²) in [6.45, 7) is 5.29. The van der Waals surface area contributed by atoms with Gasteiger partial charge >= 0.3 is 5.97 Å². The molecule has 3 rings (SSSR count). The van der Waals surface area contributed by atoms with Crippen molar-refractivity contribution in [2.45, 2.75) is 50.2 Å². The Morgan fingerprint density at radius 1 is 1.24 bits per heavy atom. The Bertz CT molecular complexity index is 998. The summed E-state index contributed by atoms with van der Waals surface area (Å²) in [6.07, 6.45) is 1.28. The highest BCUT2D eigenvalue weighted by molar-refractivity contribution is 7.89. The number of aryl methyl sites for hydroxylation is 1. The van der Waals surface area contributed by atoms with Crippen molar-refractivity contribution >= 4 is 16.0 Å². The monoisotopic (exact) mass is 419 g/mol. The topological polar surface area (TPSA) is 102 Å². The standard InChI is InChI=1S/C21H25NO6S/c1-4-14-5-8-16(9-6-14)29(25,26)22-18-12-21(2,3)28-19-11-15(7-10-17(18)19)27-13-20(23)24/h5-11,18,22H,4,12-13H2,1-3H3,(H,23,24). The Hall–Kier alpha value is -2.58. The summed E-state index contributed by atoms with van der Waals surface area (Å²) in [6, 6.07) is 11.3. The Kier molecular flexibility index (Phi) is 5.86. The molecule has 0 fully saturated rings. The first kappa shape index (κ1) is 21.1. The van der Waals surface area contributed by atoms with Crippen LogP contribution in [0.5, 0.6) is 11.5 Å². The molecule has 1 atom stereocenters. The van der Waals surface area contributed by atoms with E-state index in [1.54, 1.807) is 30.3 Å². The van der Waals surface area contributed by atoms with E-state index in [0.717, 1.165) is 12.0 Å². The average Bonchev–Trinajstić information content (AvgIpc) is 2.65. The van der Waals surface area contributed by atoms with Gasteiger partial charge in [-0.3, -0.25) is 0 Å². The fourth-order valence-corrected chi connectivity index (χ4v) is 4.55. The molecule has 0 radical (unpaired) electrons. The van der Waals surface area contributed by atoms with Gasteiger partial charge in [-0.05, 0) is 44.0 Å². The van der Waals surface area contributed by atoms with Crippen LogP contribution in [-0.2, 0) is 21.2 Å². The molecule has 29 heavy (non-hydrogen) atoms. The number of hydrogen-bond acceptors (Lipinski definition) is 5. The summed E-state index contributed by atoms with van der Waals surface area (Å²) in [5.41, 5.74) is 1.13. The molecule has 7 nitrogen and oxygen atoms in total. The number of fused-ring (bicyclic) bond motifs is 1. The normalized spacial score (nSPS) is 17.8. The van der Waals surface area contributed by atoms with E-state index in [1.165, 1.54) is 0 Å². The number of nitrogens with one attached hydrogen (secondary N) is 1. The molecule has 0 saturated carbocycles. The molecule has 0 amide bonds. The molecule has 0 aliphatic carbocycles. The molecule has 0 saturated heterocycles. The molecule has 2 aromatic carbocycles. The molecule has 1 aliphatic rings. The number of sulfonamides is 1. The Labute approximate surface area is 170 Å². The highest BCUT2D eigenvalue weighted by Crippen LogP contribution is 2.41. The van der Waals surface area contributed by atoms with Crippen molar-refractivity contribution in [3.05, 3.63) is 53.6 Å². The van der Waals surface area contributed by atoms with Crippen molar-refractivity contribution in [1.29, 1.82) is 0 Å². The third kappa shape index (κ3) is 5.07. The molecule has 2 aromatic rings. The summed E-state index contributed by atoms with van der Waals surface area (Å²) >= 11 is 0. The Balaban J connectivity index is 1.88. The maximum Gasteiger partial charge on any atom is 0.341 e. The van der Waals surface area contributed by atoms with Crippen LogP contribution in [0.2, 0.25) is 0 Å². The molecule has 8 heteroatoms.